The van der Waals surface area contributed by atoms with Crippen LogP contribution in [0.2, 0.25) is 5.02 Å². The normalized spacial score (nSPS) is 11.0. The SMILES string of the molecule is O=C(NCCc1nnc2ccccn12)c1cc(-c2ccc(Cl)cc2)on1. The summed E-state index contributed by atoms with van der Waals surface area (Å²) in [6.07, 6.45) is 2.45. The number of benzene rings is 1. The van der Waals surface area contributed by atoms with Gasteiger partial charge in [-0.2, -0.15) is 0 Å². The molecular weight excluding hydrogens is 354 g/mol. The Balaban J connectivity index is 1.39. The van der Waals surface area contributed by atoms with Crippen LogP contribution in [0.3, 0.4) is 0 Å². The number of carbonyl (C=O) groups is 1. The highest BCUT2D eigenvalue weighted by Gasteiger charge is 2.14. The molecule has 0 bridgehead atoms. The maximum atomic E-state index is 12.2. The fraction of sp³-hybridized carbons (Fsp3) is 0.111. The van der Waals surface area contributed by atoms with Crippen LogP contribution in [0.1, 0.15) is 16.3 Å². The third-order valence-electron chi connectivity index (χ3n) is 3.89. The van der Waals surface area contributed by atoms with E-state index in [0.717, 1.165) is 17.0 Å². The summed E-state index contributed by atoms with van der Waals surface area (Å²) in [6.45, 7) is 0.414. The number of aromatic nitrogens is 4. The average molecular weight is 368 g/mol. The first-order valence-corrected chi connectivity index (χ1v) is 8.38. The molecule has 3 aromatic heterocycles. The van der Waals surface area contributed by atoms with Gasteiger partial charge in [-0.25, -0.2) is 0 Å². The van der Waals surface area contributed by atoms with Crippen molar-refractivity contribution in [2.45, 2.75) is 6.42 Å². The number of rotatable bonds is 5. The maximum Gasteiger partial charge on any atom is 0.273 e. The molecule has 0 unspecified atom stereocenters. The van der Waals surface area contributed by atoms with Gasteiger partial charge in [0, 0.05) is 35.8 Å². The van der Waals surface area contributed by atoms with Gasteiger partial charge in [0.1, 0.15) is 5.82 Å². The van der Waals surface area contributed by atoms with Gasteiger partial charge in [-0.1, -0.05) is 22.8 Å². The van der Waals surface area contributed by atoms with Crippen molar-refractivity contribution in [2.75, 3.05) is 6.54 Å². The van der Waals surface area contributed by atoms with Gasteiger partial charge in [-0.3, -0.25) is 9.20 Å². The molecule has 0 saturated heterocycles. The predicted molar refractivity (Wildman–Crippen MR) is 96.0 cm³/mol. The van der Waals surface area contributed by atoms with Crippen molar-refractivity contribution in [3.8, 4) is 11.3 Å². The van der Waals surface area contributed by atoms with E-state index < -0.39 is 0 Å². The molecule has 4 rings (SSSR count). The minimum absolute atomic E-state index is 0.223. The van der Waals surface area contributed by atoms with Gasteiger partial charge in [-0.05, 0) is 36.4 Å². The molecule has 0 atom stereocenters. The largest absolute Gasteiger partial charge is 0.355 e. The van der Waals surface area contributed by atoms with Gasteiger partial charge in [0.2, 0.25) is 0 Å². The topological polar surface area (TPSA) is 85.3 Å². The van der Waals surface area contributed by atoms with E-state index in [9.17, 15) is 4.79 Å². The summed E-state index contributed by atoms with van der Waals surface area (Å²) < 4.78 is 7.13. The number of halogens is 1. The van der Waals surface area contributed by atoms with E-state index in [4.69, 9.17) is 16.1 Å². The number of hydrogen-bond donors (Lipinski definition) is 1. The lowest BCUT2D eigenvalue weighted by molar-refractivity contribution is 0.0945. The lowest BCUT2D eigenvalue weighted by atomic mass is 10.1. The van der Waals surface area contributed by atoms with Crippen molar-refractivity contribution in [3.05, 3.63) is 71.3 Å². The fourth-order valence-corrected chi connectivity index (χ4v) is 2.70. The van der Waals surface area contributed by atoms with Gasteiger partial charge >= 0.3 is 0 Å². The number of carbonyl (C=O) groups excluding carboxylic acids is 1. The summed E-state index contributed by atoms with van der Waals surface area (Å²) >= 11 is 5.87. The second kappa shape index (κ2) is 6.97. The van der Waals surface area contributed by atoms with Crippen LogP contribution < -0.4 is 5.32 Å². The second-order valence-corrected chi connectivity index (χ2v) is 6.07. The van der Waals surface area contributed by atoms with Crippen LogP contribution in [-0.4, -0.2) is 32.2 Å². The number of nitrogens with zero attached hydrogens (tertiary/aromatic N) is 4. The smallest absolute Gasteiger partial charge is 0.273 e. The summed E-state index contributed by atoms with van der Waals surface area (Å²) in [5.74, 6) is 0.987. The van der Waals surface area contributed by atoms with Gasteiger partial charge in [0.15, 0.2) is 17.1 Å². The first kappa shape index (κ1) is 16.3. The van der Waals surface area contributed by atoms with Crippen molar-refractivity contribution in [1.82, 2.24) is 25.1 Å². The van der Waals surface area contributed by atoms with Gasteiger partial charge in [-0.15, -0.1) is 10.2 Å². The lowest BCUT2D eigenvalue weighted by Crippen LogP contribution is -2.26. The van der Waals surface area contributed by atoms with E-state index in [2.05, 4.69) is 20.7 Å². The Kier molecular flexibility index (Phi) is 4.37. The van der Waals surface area contributed by atoms with E-state index >= 15 is 0 Å². The average Bonchev–Trinajstić information content (AvgIpc) is 3.30. The van der Waals surface area contributed by atoms with Crippen molar-refractivity contribution >= 4 is 23.2 Å². The minimum Gasteiger partial charge on any atom is -0.355 e. The molecule has 1 aromatic carbocycles. The third kappa shape index (κ3) is 3.29. The predicted octanol–water partition coefficient (Wildman–Crippen LogP) is 3.01. The zero-order chi connectivity index (χ0) is 17.9. The monoisotopic (exact) mass is 367 g/mol. The van der Waals surface area contributed by atoms with E-state index in [1.54, 1.807) is 30.3 Å². The van der Waals surface area contributed by atoms with Crippen LogP contribution in [-0.2, 0) is 6.42 Å². The zero-order valence-corrected chi connectivity index (χ0v) is 14.3. The Bertz CT molecular complexity index is 1050. The van der Waals surface area contributed by atoms with Crippen molar-refractivity contribution in [1.29, 1.82) is 0 Å². The van der Waals surface area contributed by atoms with E-state index in [-0.39, 0.29) is 11.6 Å². The van der Waals surface area contributed by atoms with Gasteiger partial charge < -0.3 is 9.84 Å². The second-order valence-electron chi connectivity index (χ2n) is 5.63. The highest BCUT2D eigenvalue weighted by Crippen LogP contribution is 2.22. The molecular formula is C18H14ClN5O2. The molecule has 1 N–H and O–H groups in total. The number of amides is 1. The Morgan fingerprint density at radius 1 is 1.15 bits per heavy atom. The fourth-order valence-electron chi connectivity index (χ4n) is 2.57. The van der Waals surface area contributed by atoms with Crippen LogP contribution in [0.5, 0.6) is 0 Å². The van der Waals surface area contributed by atoms with Crippen molar-refractivity contribution in [3.63, 3.8) is 0 Å². The molecule has 1 amide bonds. The molecule has 7 nitrogen and oxygen atoms in total. The third-order valence-corrected chi connectivity index (χ3v) is 4.14. The van der Waals surface area contributed by atoms with Crippen LogP contribution >= 0.6 is 11.6 Å². The summed E-state index contributed by atoms with van der Waals surface area (Å²) in [5.41, 5.74) is 1.80. The van der Waals surface area contributed by atoms with Gasteiger partial charge in [0.05, 0.1) is 0 Å². The quantitative estimate of drug-likeness (QED) is 0.586. The summed E-state index contributed by atoms with van der Waals surface area (Å²) in [7, 11) is 0. The van der Waals surface area contributed by atoms with Crippen molar-refractivity contribution < 1.29 is 9.32 Å². The maximum absolute atomic E-state index is 12.2. The number of hydrogen-bond acceptors (Lipinski definition) is 5. The molecule has 0 aliphatic heterocycles. The Labute approximate surface area is 153 Å². The minimum atomic E-state index is -0.303. The van der Waals surface area contributed by atoms with E-state index in [0.29, 0.717) is 23.7 Å². The highest BCUT2D eigenvalue weighted by molar-refractivity contribution is 6.30. The molecule has 26 heavy (non-hydrogen) atoms. The molecule has 4 aromatic rings. The Morgan fingerprint density at radius 3 is 2.85 bits per heavy atom. The van der Waals surface area contributed by atoms with Crippen LogP contribution in [0, 0.1) is 0 Å². The summed E-state index contributed by atoms with van der Waals surface area (Å²) in [6, 6.07) is 14.4. The first-order chi connectivity index (χ1) is 12.7. The standard InChI is InChI=1S/C18H14ClN5O2/c19-13-6-4-12(5-7-13)15-11-14(23-26-15)18(25)20-9-8-17-22-21-16-3-1-2-10-24(16)17/h1-7,10-11H,8-9H2,(H,20,25). The molecule has 0 radical (unpaired) electrons. The molecule has 130 valence electrons. The van der Waals surface area contributed by atoms with E-state index in [1.807, 2.05) is 28.8 Å². The zero-order valence-electron chi connectivity index (χ0n) is 13.6. The lowest BCUT2D eigenvalue weighted by Gasteiger charge is -2.02. The van der Waals surface area contributed by atoms with E-state index in [1.165, 1.54) is 0 Å². The van der Waals surface area contributed by atoms with Crippen LogP contribution in [0.4, 0.5) is 0 Å². The Morgan fingerprint density at radius 2 is 2.00 bits per heavy atom. The summed E-state index contributed by atoms with van der Waals surface area (Å²) in [5, 5.41) is 15.5. The molecule has 0 saturated carbocycles. The molecule has 8 heteroatoms. The summed E-state index contributed by atoms with van der Waals surface area (Å²) in [4.78, 5) is 12.2. The molecule has 0 spiro atoms. The molecule has 0 aliphatic carbocycles. The number of fused-ring (bicyclic) bond motifs is 1. The first-order valence-electron chi connectivity index (χ1n) is 8.00. The van der Waals surface area contributed by atoms with Crippen LogP contribution in [0.15, 0.2) is 59.3 Å². The highest BCUT2D eigenvalue weighted by atomic mass is 35.5. The van der Waals surface area contributed by atoms with Gasteiger partial charge in [0.25, 0.3) is 5.91 Å². The number of pyridine rings is 1. The molecule has 0 aliphatic rings. The Hall–Kier alpha value is -3.19. The van der Waals surface area contributed by atoms with Crippen molar-refractivity contribution in [2.24, 2.45) is 0 Å². The number of nitrogens with one attached hydrogen (secondary N) is 1. The van der Waals surface area contributed by atoms with Crippen LogP contribution in [0.25, 0.3) is 17.0 Å². The molecule has 0 fully saturated rings. The molecule has 3 heterocycles.